The molecular weight excluding hydrogens is 328 g/mol. The van der Waals surface area contributed by atoms with Gasteiger partial charge in [-0.2, -0.15) is 0 Å². The minimum atomic E-state index is -0.0629. The standard InChI is InChI=1S/C15H22N6O2S/c1-12(21-5-3-16-11-21)10-13(22)17-15-19-18-14(24-15)2-4-20-6-8-23-9-7-20/h3,5,11-12H,2,4,6-10H2,1H3,(H,17,19,22). The number of carbonyl (C=O) groups is 1. The van der Waals surface area contributed by atoms with Crippen molar-refractivity contribution in [3.05, 3.63) is 23.7 Å². The van der Waals surface area contributed by atoms with Crippen LogP contribution < -0.4 is 5.32 Å². The van der Waals surface area contributed by atoms with Gasteiger partial charge >= 0.3 is 0 Å². The molecule has 0 spiro atoms. The van der Waals surface area contributed by atoms with E-state index in [1.165, 1.54) is 11.3 Å². The van der Waals surface area contributed by atoms with E-state index in [4.69, 9.17) is 4.74 Å². The summed E-state index contributed by atoms with van der Waals surface area (Å²) in [7, 11) is 0. The SMILES string of the molecule is CC(CC(=O)Nc1nnc(CCN2CCOCC2)s1)n1ccnc1. The number of rotatable bonds is 7. The molecule has 1 aliphatic heterocycles. The highest BCUT2D eigenvalue weighted by Crippen LogP contribution is 2.18. The third kappa shape index (κ3) is 4.83. The Kier molecular flexibility index (Phi) is 5.89. The number of anilines is 1. The van der Waals surface area contributed by atoms with Crippen molar-refractivity contribution >= 4 is 22.4 Å². The van der Waals surface area contributed by atoms with E-state index in [1.807, 2.05) is 17.7 Å². The highest BCUT2D eigenvalue weighted by molar-refractivity contribution is 7.15. The largest absolute Gasteiger partial charge is 0.379 e. The molecule has 0 radical (unpaired) electrons. The van der Waals surface area contributed by atoms with Crippen LogP contribution in [0, 0.1) is 0 Å². The molecule has 2 aromatic rings. The van der Waals surface area contributed by atoms with Gasteiger partial charge in [0.2, 0.25) is 11.0 Å². The van der Waals surface area contributed by atoms with Crippen LogP contribution in [-0.4, -0.2) is 63.4 Å². The normalized spacial score (nSPS) is 16.9. The molecule has 3 rings (SSSR count). The summed E-state index contributed by atoms with van der Waals surface area (Å²) in [6, 6.07) is 0.0567. The minimum Gasteiger partial charge on any atom is -0.379 e. The molecule has 0 bridgehead atoms. The van der Waals surface area contributed by atoms with Gasteiger partial charge in [-0.3, -0.25) is 9.69 Å². The second-order valence-electron chi connectivity index (χ2n) is 5.82. The maximum Gasteiger partial charge on any atom is 0.228 e. The molecule has 0 aliphatic carbocycles. The molecule has 8 nitrogen and oxygen atoms in total. The fourth-order valence-corrected chi connectivity index (χ4v) is 3.30. The van der Waals surface area contributed by atoms with Gasteiger partial charge in [-0.1, -0.05) is 11.3 Å². The summed E-state index contributed by atoms with van der Waals surface area (Å²) in [5.41, 5.74) is 0. The van der Waals surface area contributed by atoms with Crippen LogP contribution >= 0.6 is 11.3 Å². The molecular formula is C15H22N6O2S. The number of ether oxygens (including phenoxy) is 1. The lowest BCUT2D eigenvalue weighted by Gasteiger charge is -2.25. The third-order valence-electron chi connectivity index (χ3n) is 3.97. The van der Waals surface area contributed by atoms with E-state index in [9.17, 15) is 4.79 Å². The first kappa shape index (κ1) is 17.0. The number of nitrogens with zero attached hydrogens (tertiary/aromatic N) is 5. The van der Waals surface area contributed by atoms with Crippen LogP contribution in [0.3, 0.4) is 0 Å². The molecule has 3 heterocycles. The number of hydrogen-bond donors (Lipinski definition) is 1. The second-order valence-corrected chi connectivity index (χ2v) is 6.88. The summed E-state index contributed by atoms with van der Waals surface area (Å²) in [5, 5.41) is 12.6. The van der Waals surface area contributed by atoms with Gasteiger partial charge in [-0.05, 0) is 6.92 Å². The first-order valence-electron chi connectivity index (χ1n) is 8.10. The van der Waals surface area contributed by atoms with Gasteiger partial charge in [0.15, 0.2) is 0 Å². The third-order valence-corrected chi connectivity index (χ3v) is 4.87. The summed E-state index contributed by atoms with van der Waals surface area (Å²) >= 11 is 1.44. The van der Waals surface area contributed by atoms with Gasteiger partial charge in [-0.15, -0.1) is 10.2 Å². The van der Waals surface area contributed by atoms with Crippen molar-refractivity contribution in [1.82, 2.24) is 24.6 Å². The summed E-state index contributed by atoms with van der Waals surface area (Å²) in [6.45, 7) is 6.46. The molecule has 1 saturated heterocycles. The fraction of sp³-hybridized carbons (Fsp3) is 0.600. The number of imidazole rings is 1. The Hall–Kier alpha value is -1.84. The number of aromatic nitrogens is 4. The quantitative estimate of drug-likeness (QED) is 0.808. The average molecular weight is 350 g/mol. The molecule has 1 amide bonds. The van der Waals surface area contributed by atoms with Gasteiger partial charge in [0, 0.05) is 50.9 Å². The summed E-state index contributed by atoms with van der Waals surface area (Å²) in [4.78, 5) is 18.5. The zero-order valence-electron chi connectivity index (χ0n) is 13.7. The summed E-state index contributed by atoms with van der Waals surface area (Å²) in [5.74, 6) is -0.0629. The van der Waals surface area contributed by atoms with Gasteiger partial charge < -0.3 is 14.6 Å². The Morgan fingerprint density at radius 3 is 3.00 bits per heavy atom. The van der Waals surface area contributed by atoms with Crippen LogP contribution in [0.5, 0.6) is 0 Å². The molecule has 9 heteroatoms. The van der Waals surface area contributed by atoms with Crippen molar-refractivity contribution < 1.29 is 9.53 Å². The first-order valence-corrected chi connectivity index (χ1v) is 8.92. The van der Waals surface area contributed by atoms with Crippen molar-refractivity contribution in [3.8, 4) is 0 Å². The van der Waals surface area contributed by atoms with E-state index >= 15 is 0 Å². The Morgan fingerprint density at radius 1 is 1.42 bits per heavy atom. The van der Waals surface area contributed by atoms with Crippen LogP contribution in [-0.2, 0) is 16.0 Å². The Labute approximate surface area is 144 Å². The van der Waals surface area contributed by atoms with E-state index in [-0.39, 0.29) is 11.9 Å². The lowest BCUT2D eigenvalue weighted by Crippen LogP contribution is -2.37. The summed E-state index contributed by atoms with van der Waals surface area (Å²) in [6.07, 6.45) is 6.50. The molecule has 1 atom stereocenters. The highest BCUT2D eigenvalue weighted by Gasteiger charge is 2.14. The van der Waals surface area contributed by atoms with Crippen LogP contribution in [0.1, 0.15) is 24.4 Å². The Balaban J connectivity index is 1.44. The van der Waals surface area contributed by atoms with Crippen LogP contribution in [0.4, 0.5) is 5.13 Å². The van der Waals surface area contributed by atoms with Crippen LogP contribution in [0.2, 0.25) is 0 Å². The molecule has 130 valence electrons. The Bertz CT molecular complexity index is 638. The maximum absolute atomic E-state index is 12.1. The van der Waals surface area contributed by atoms with E-state index in [1.54, 1.807) is 12.5 Å². The van der Waals surface area contributed by atoms with E-state index in [2.05, 4.69) is 25.4 Å². The number of carbonyl (C=O) groups excluding carboxylic acids is 1. The van der Waals surface area contributed by atoms with Crippen LogP contribution in [0.15, 0.2) is 18.7 Å². The van der Waals surface area contributed by atoms with Crippen molar-refractivity contribution in [2.24, 2.45) is 0 Å². The highest BCUT2D eigenvalue weighted by atomic mass is 32.1. The fourth-order valence-electron chi connectivity index (χ4n) is 2.56. The lowest BCUT2D eigenvalue weighted by molar-refractivity contribution is -0.116. The molecule has 24 heavy (non-hydrogen) atoms. The van der Waals surface area contributed by atoms with Crippen LogP contribution in [0.25, 0.3) is 0 Å². The maximum atomic E-state index is 12.1. The number of nitrogens with one attached hydrogen (secondary N) is 1. The van der Waals surface area contributed by atoms with E-state index in [0.29, 0.717) is 11.6 Å². The number of hydrogen-bond acceptors (Lipinski definition) is 7. The smallest absolute Gasteiger partial charge is 0.228 e. The molecule has 0 saturated carbocycles. The predicted molar refractivity (Wildman–Crippen MR) is 91.1 cm³/mol. The van der Waals surface area contributed by atoms with E-state index < -0.39 is 0 Å². The predicted octanol–water partition coefficient (Wildman–Crippen LogP) is 1.20. The van der Waals surface area contributed by atoms with E-state index in [0.717, 1.165) is 44.3 Å². The molecule has 1 unspecified atom stereocenters. The second kappa shape index (κ2) is 8.32. The molecule has 1 aliphatic rings. The molecule has 1 fully saturated rings. The zero-order valence-corrected chi connectivity index (χ0v) is 14.5. The summed E-state index contributed by atoms with van der Waals surface area (Å²) < 4.78 is 7.25. The van der Waals surface area contributed by atoms with Gasteiger partial charge in [0.1, 0.15) is 5.01 Å². The monoisotopic (exact) mass is 350 g/mol. The van der Waals surface area contributed by atoms with Crippen molar-refractivity contribution in [3.63, 3.8) is 0 Å². The van der Waals surface area contributed by atoms with Crippen molar-refractivity contribution in [2.45, 2.75) is 25.8 Å². The minimum absolute atomic E-state index is 0.0567. The number of morpholine rings is 1. The first-order chi connectivity index (χ1) is 11.7. The van der Waals surface area contributed by atoms with Gasteiger partial charge in [-0.25, -0.2) is 4.98 Å². The zero-order chi connectivity index (χ0) is 16.8. The topological polar surface area (TPSA) is 85.2 Å². The molecule has 2 aromatic heterocycles. The molecule has 0 aromatic carbocycles. The van der Waals surface area contributed by atoms with Gasteiger partial charge in [0.25, 0.3) is 0 Å². The Morgan fingerprint density at radius 2 is 2.25 bits per heavy atom. The average Bonchev–Trinajstić information content (AvgIpc) is 3.25. The number of amides is 1. The molecule has 1 N–H and O–H groups in total. The van der Waals surface area contributed by atoms with Crippen molar-refractivity contribution in [2.75, 3.05) is 38.2 Å². The lowest BCUT2D eigenvalue weighted by atomic mass is 10.2. The van der Waals surface area contributed by atoms with Gasteiger partial charge in [0.05, 0.1) is 19.5 Å². The van der Waals surface area contributed by atoms with Crippen molar-refractivity contribution in [1.29, 1.82) is 0 Å².